The molecule has 0 saturated carbocycles. The lowest BCUT2D eigenvalue weighted by molar-refractivity contribution is 0.800. The van der Waals surface area contributed by atoms with Gasteiger partial charge in [-0.05, 0) is 13.8 Å². The van der Waals surface area contributed by atoms with Crippen molar-refractivity contribution in [1.29, 1.82) is 0 Å². The van der Waals surface area contributed by atoms with Gasteiger partial charge >= 0.3 is 0 Å². The summed E-state index contributed by atoms with van der Waals surface area (Å²) in [4.78, 5) is 9.75. The molecule has 7 heteroatoms. The number of thiazole rings is 1. The van der Waals surface area contributed by atoms with Crippen LogP contribution < -0.4 is 0 Å². The molecule has 0 aliphatic heterocycles. The molecule has 0 aliphatic carbocycles. The van der Waals surface area contributed by atoms with Gasteiger partial charge in [-0.1, -0.05) is 0 Å². The van der Waals surface area contributed by atoms with Crippen molar-refractivity contribution in [2.75, 3.05) is 0 Å². The molecule has 3 aromatic rings. The van der Waals surface area contributed by atoms with Gasteiger partial charge in [-0.3, -0.25) is 4.40 Å². The first-order chi connectivity index (χ1) is 8.20. The average molecular weight is 268 g/mol. The second-order valence-corrected chi connectivity index (χ2v) is 4.83. The van der Waals surface area contributed by atoms with Crippen LogP contribution in [0.1, 0.15) is 17.3 Å². The molecule has 0 radical (unpaired) electrons. The van der Waals surface area contributed by atoms with Crippen molar-refractivity contribution in [1.82, 2.24) is 24.1 Å². The Bertz CT molecular complexity index is 680. The monoisotopic (exact) mass is 267 g/mol. The molecule has 0 unspecified atom stereocenters. The first-order valence-corrected chi connectivity index (χ1v) is 6.53. The molecule has 3 aromatic heterocycles. The fraction of sp³-hybridized carbons (Fsp3) is 0.300. The van der Waals surface area contributed by atoms with Crippen LogP contribution in [0.15, 0.2) is 11.6 Å². The number of hydrogen-bond acceptors (Lipinski definition) is 4. The molecule has 3 heterocycles. The Morgan fingerprint density at radius 1 is 1.35 bits per heavy atom. The minimum atomic E-state index is 0.394. The number of aromatic nitrogens is 5. The summed E-state index contributed by atoms with van der Waals surface area (Å²) in [6.07, 6.45) is 1.97. The highest BCUT2D eigenvalue weighted by Gasteiger charge is 2.16. The van der Waals surface area contributed by atoms with Gasteiger partial charge in [0.05, 0.1) is 11.6 Å². The van der Waals surface area contributed by atoms with Crippen LogP contribution in [-0.4, -0.2) is 24.1 Å². The van der Waals surface area contributed by atoms with Crippen LogP contribution >= 0.6 is 22.9 Å². The Labute approximate surface area is 107 Å². The lowest BCUT2D eigenvalue weighted by Crippen LogP contribution is -2.03. The standard InChI is InChI=1S/C10H10ClN5S/c1-6-12-7(2)16(14-6)9-8(5-11)15-3-4-17-10(15)13-9/h3-4H,5H2,1-2H3. The normalized spacial score (nSPS) is 11.5. The number of nitrogens with zero attached hydrogens (tertiary/aromatic N) is 5. The highest BCUT2D eigenvalue weighted by atomic mass is 35.5. The van der Waals surface area contributed by atoms with Gasteiger partial charge in [0, 0.05) is 11.6 Å². The zero-order chi connectivity index (χ0) is 12.0. The molecule has 88 valence electrons. The molecule has 3 rings (SSSR count). The van der Waals surface area contributed by atoms with Crippen molar-refractivity contribution in [3.05, 3.63) is 28.9 Å². The Kier molecular flexibility index (Phi) is 2.41. The molecule has 0 amide bonds. The molecule has 0 aromatic carbocycles. The summed E-state index contributed by atoms with van der Waals surface area (Å²) in [6, 6.07) is 0. The number of hydrogen-bond donors (Lipinski definition) is 0. The second kappa shape index (κ2) is 3.82. The molecule has 17 heavy (non-hydrogen) atoms. The fourth-order valence-corrected chi connectivity index (χ4v) is 2.81. The maximum absolute atomic E-state index is 6.00. The Balaban J connectivity index is 2.29. The minimum Gasteiger partial charge on any atom is -0.291 e. The molecule has 5 nitrogen and oxygen atoms in total. The summed E-state index contributed by atoms with van der Waals surface area (Å²) in [7, 11) is 0. The first kappa shape index (κ1) is 10.7. The predicted molar refractivity (Wildman–Crippen MR) is 67.0 cm³/mol. The molecular weight excluding hydrogens is 258 g/mol. The van der Waals surface area contributed by atoms with E-state index in [1.165, 1.54) is 0 Å². The Morgan fingerprint density at radius 3 is 2.82 bits per heavy atom. The third-order valence-corrected chi connectivity index (χ3v) is 3.55. The topological polar surface area (TPSA) is 48.0 Å². The fourth-order valence-electron chi connectivity index (χ4n) is 1.84. The van der Waals surface area contributed by atoms with Crippen LogP contribution in [0, 0.1) is 13.8 Å². The SMILES string of the molecule is Cc1nc(C)n(-c2nc3sccn3c2CCl)n1. The molecule has 0 N–H and O–H groups in total. The summed E-state index contributed by atoms with van der Waals surface area (Å²) < 4.78 is 3.73. The van der Waals surface area contributed by atoms with E-state index in [4.69, 9.17) is 11.6 Å². The van der Waals surface area contributed by atoms with Gasteiger partial charge < -0.3 is 0 Å². The van der Waals surface area contributed by atoms with Crippen molar-refractivity contribution in [3.63, 3.8) is 0 Å². The summed E-state index contributed by atoms with van der Waals surface area (Å²) in [6.45, 7) is 3.77. The number of rotatable bonds is 2. The van der Waals surface area contributed by atoms with Gasteiger partial charge in [0.15, 0.2) is 10.8 Å². The van der Waals surface area contributed by atoms with Gasteiger partial charge in [-0.15, -0.1) is 28.0 Å². The van der Waals surface area contributed by atoms with Crippen molar-refractivity contribution in [2.45, 2.75) is 19.7 Å². The summed E-state index contributed by atoms with van der Waals surface area (Å²) in [5.74, 6) is 2.72. The van der Waals surface area contributed by atoms with Gasteiger partial charge in [0.25, 0.3) is 0 Å². The van der Waals surface area contributed by atoms with Crippen molar-refractivity contribution < 1.29 is 0 Å². The summed E-state index contributed by atoms with van der Waals surface area (Å²) >= 11 is 7.58. The zero-order valence-corrected chi connectivity index (χ0v) is 11.0. The van der Waals surface area contributed by atoms with Gasteiger partial charge in [-0.2, -0.15) is 9.67 Å². The van der Waals surface area contributed by atoms with Crippen molar-refractivity contribution in [3.8, 4) is 5.82 Å². The molecule has 0 aliphatic rings. The van der Waals surface area contributed by atoms with Gasteiger partial charge in [0.1, 0.15) is 11.6 Å². The Hall–Kier alpha value is -1.40. The number of alkyl halides is 1. The van der Waals surface area contributed by atoms with E-state index in [2.05, 4.69) is 15.1 Å². The highest BCUT2D eigenvalue weighted by molar-refractivity contribution is 7.15. The number of halogens is 1. The largest absolute Gasteiger partial charge is 0.291 e. The van der Waals surface area contributed by atoms with E-state index in [0.717, 1.165) is 28.1 Å². The third kappa shape index (κ3) is 1.56. The molecule has 0 atom stereocenters. The van der Waals surface area contributed by atoms with Crippen LogP contribution in [-0.2, 0) is 5.88 Å². The van der Waals surface area contributed by atoms with E-state index in [1.54, 1.807) is 16.0 Å². The van der Waals surface area contributed by atoms with E-state index >= 15 is 0 Å². The smallest absolute Gasteiger partial charge is 0.196 e. The summed E-state index contributed by atoms with van der Waals surface area (Å²) in [5, 5.41) is 6.33. The summed E-state index contributed by atoms with van der Waals surface area (Å²) in [5.41, 5.74) is 0.941. The molecule has 0 spiro atoms. The van der Waals surface area contributed by atoms with Crippen LogP contribution in [0.3, 0.4) is 0 Å². The highest BCUT2D eigenvalue weighted by Crippen LogP contribution is 2.22. The van der Waals surface area contributed by atoms with E-state index in [1.807, 2.05) is 29.8 Å². The second-order valence-electron chi connectivity index (χ2n) is 3.69. The third-order valence-electron chi connectivity index (χ3n) is 2.54. The number of imidazole rings is 1. The number of fused-ring (bicyclic) bond motifs is 1. The zero-order valence-electron chi connectivity index (χ0n) is 9.38. The lowest BCUT2D eigenvalue weighted by atomic mass is 10.4. The Morgan fingerprint density at radius 2 is 2.18 bits per heavy atom. The molecule has 0 fully saturated rings. The first-order valence-electron chi connectivity index (χ1n) is 5.11. The molecule has 0 bridgehead atoms. The van der Waals surface area contributed by atoms with Crippen LogP contribution in [0.2, 0.25) is 0 Å². The van der Waals surface area contributed by atoms with E-state index < -0.39 is 0 Å². The maximum atomic E-state index is 6.00. The van der Waals surface area contributed by atoms with Crippen LogP contribution in [0.25, 0.3) is 10.8 Å². The quantitative estimate of drug-likeness (QED) is 0.670. The molecular formula is C10H10ClN5S. The molecule has 0 saturated heterocycles. The van der Waals surface area contributed by atoms with Crippen molar-refractivity contribution >= 4 is 27.9 Å². The van der Waals surface area contributed by atoms with E-state index in [-0.39, 0.29) is 0 Å². The predicted octanol–water partition coefficient (Wildman–Crippen LogP) is 2.33. The minimum absolute atomic E-state index is 0.394. The van der Waals surface area contributed by atoms with Crippen LogP contribution in [0.4, 0.5) is 0 Å². The average Bonchev–Trinajstić information content (AvgIpc) is 2.91. The lowest BCUT2D eigenvalue weighted by Gasteiger charge is -2.01. The number of aryl methyl sites for hydroxylation is 2. The maximum Gasteiger partial charge on any atom is 0.196 e. The van der Waals surface area contributed by atoms with Gasteiger partial charge in [-0.25, -0.2) is 4.98 Å². The van der Waals surface area contributed by atoms with E-state index in [9.17, 15) is 0 Å². The van der Waals surface area contributed by atoms with Gasteiger partial charge in [0.2, 0.25) is 0 Å². The van der Waals surface area contributed by atoms with E-state index in [0.29, 0.717) is 5.88 Å². The van der Waals surface area contributed by atoms with Crippen LogP contribution in [0.5, 0.6) is 0 Å². The van der Waals surface area contributed by atoms with Crippen molar-refractivity contribution in [2.24, 2.45) is 0 Å².